The lowest BCUT2D eigenvalue weighted by Crippen LogP contribution is -2.47. The Morgan fingerprint density at radius 2 is 2.07 bits per heavy atom. The van der Waals surface area contributed by atoms with E-state index in [4.69, 9.17) is 11.6 Å². The summed E-state index contributed by atoms with van der Waals surface area (Å²) >= 11 is 8.91. The van der Waals surface area contributed by atoms with E-state index in [1.165, 1.54) is 11.3 Å². The molecule has 0 aliphatic carbocycles. The SMILES string of the molecule is CCCSc1nnc(NC(=O)C(CC)N(c2cc(Cl)ccc2C)S(C)(=O)=O)s1. The fourth-order valence-corrected chi connectivity index (χ4v) is 5.66. The number of rotatable bonds is 9. The summed E-state index contributed by atoms with van der Waals surface area (Å²) in [5.41, 5.74) is 1.09. The van der Waals surface area contributed by atoms with E-state index in [9.17, 15) is 13.2 Å². The largest absolute Gasteiger partial charge is 0.299 e. The molecule has 1 amide bonds. The number of anilines is 2. The van der Waals surface area contributed by atoms with Crippen molar-refractivity contribution in [2.24, 2.45) is 0 Å². The van der Waals surface area contributed by atoms with Crippen molar-refractivity contribution in [2.75, 3.05) is 21.6 Å². The van der Waals surface area contributed by atoms with E-state index in [0.29, 0.717) is 21.4 Å². The standard InChI is InChI=1S/C17H23ClN4O3S3/c1-5-9-26-17-21-20-16(27-17)19-15(23)13(6-2)22(28(4,24)25)14-10-12(18)8-7-11(14)3/h7-8,10,13H,5-6,9H2,1-4H3,(H,19,20,23). The fourth-order valence-electron chi connectivity index (χ4n) is 2.55. The van der Waals surface area contributed by atoms with Gasteiger partial charge < -0.3 is 0 Å². The van der Waals surface area contributed by atoms with Crippen molar-refractivity contribution in [1.29, 1.82) is 0 Å². The summed E-state index contributed by atoms with van der Waals surface area (Å²) in [5.74, 6) is 0.450. The van der Waals surface area contributed by atoms with Gasteiger partial charge in [-0.05, 0) is 37.5 Å². The number of halogens is 1. The first-order valence-electron chi connectivity index (χ1n) is 8.70. The number of amides is 1. The Kier molecular flexibility index (Phi) is 8.11. The van der Waals surface area contributed by atoms with Gasteiger partial charge in [0, 0.05) is 10.8 Å². The Labute approximate surface area is 178 Å². The molecule has 2 rings (SSSR count). The summed E-state index contributed by atoms with van der Waals surface area (Å²) in [5, 5.41) is 11.5. The van der Waals surface area contributed by atoms with Gasteiger partial charge in [-0.15, -0.1) is 10.2 Å². The van der Waals surface area contributed by atoms with Crippen LogP contribution in [0.2, 0.25) is 5.02 Å². The van der Waals surface area contributed by atoms with E-state index in [2.05, 4.69) is 22.4 Å². The fraction of sp³-hybridized carbons (Fsp3) is 0.471. The predicted octanol–water partition coefficient (Wildman–Crippen LogP) is 4.19. The Balaban J connectivity index is 2.32. The highest BCUT2D eigenvalue weighted by Crippen LogP contribution is 2.30. The summed E-state index contributed by atoms with van der Waals surface area (Å²) in [4.78, 5) is 12.9. The highest BCUT2D eigenvalue weighted by molar-refractivity contribution is 8.01. The molecule has 1 heterocycles. The van der Waals surface area contributed by atoms with Gasteiger partial charge in [0.2, 0.25) is 21.1 Å². The molecule has 2 aromatic rings. The molecular weight excluding hydrogens is 440 g/mol. The van der Waals surface area contributed by atoms with E-state index >= 15 is 0 Å². The number of sulfonamides is 1. The average molecular weight is 463 g/mol. The van der Waals surface area contributed by atoms with Crippen LogP contribution in [0.15, 0.2) is 22.5 Å². The maximum absolute atomic E-state index is 12.9. The smallest absolute Gasteiger partial charge is 0.250 e. The minimum atomic E-state index is -3.74. The third-order valence-corrected chi connectivity index (χ3v) is 7.38. The third kappa shape index (κ3) is 5.82. The van der Waals surface area contributed by atoms with Crippen LogP contribution in [-0.2, 0) is 14.8 Å². The van der Waals surface area contributed by atoms with Crippen molar-refractivity contribution in [2.45, 2.75) is 44.0 Å². The molecule has 1 atom stereocenters. The van der Waals surface area contributed by atoms with Crippen LogP contribution >= 0.6 is 34.7 Å². The number of aromatic nitrogens is 2. The lowest BCUT2D eigenvalue weighted by molar-refractivity contribution is -0.117. The summed E-state index contributed by atoms with van der Waals surface area (Å²) in [7, 11) is -3.74. The van der Waals surface area contributed by atoms with Crippen molar-refractivity contribution in [1.82, 2.24) is 10.2 Å². The zero-order valence-electron chi connectivity index (χ0n) is 16.1. The van der Waals surface area contributed by atoms with Gasteiger partial charge in [0.15, 0.2) is 4.34 Å². The molecule has 0 aliphatic rings. The number of nitrogens with zero attached hydrogens (tertiary/aromatic N) is 3. The molecule has 0 spiro atoms. The lowest BCUT2D eigenvalue weighted by atomic mass is 10.1. The van der Waals surface area contributed by atoms with Gasteiger partial charge in [-0.2, -0.15) is 0 Å². The second-order valence-electron chi connectivity index (χ2n) is 6.12. The van der Waals surface area contributed by atoms with E-state index in [0.717, 1.165) is 27.1 Å². The van der Waals surface area contributed by atoms with Crippen LogP contribution in [-0.4, -0.2) is 42.6 Å². The Hall–Kier alpha value is -1.36. The first-order valence-corrected chi connectivity index (χ1v) is 12.7. The Morgan fingerprint density at radius 1 is 1.36 bits per heavy atom. The minimum absolute atomic E-state index is 0.279. The molecule has 0 saturated carbocycles. The highest BCUT2D eigenvalue weighted by atomic mass is 35.5. The van der Waals surface area contributed by atoms with Gasteiger partial charge in [-0.1, -0.05) is 54.6 Å². The average Bonchev–Trinajstić information content (AvgIpc) is 3.06. The van der Waals surface area contributed by atoms with Crippen molar-refractivity contribution in [3.63, 3.8) is 0 Å². The van der Waals surface area contributed by atoms with Crippen molar-refractivity contribution >= 4 is 61.4 Å². The number of benzene rings is 1. The van der Waals surface area contributed by atoms with Crippen LogP contribution in [0.25, 0.3) is 0 Å². The first-order chi connectivity index (χ1) is 13.2. The molecule has 0 fully saturated rings. The number of thioether (sulfide) groups is 1. The number of nitrogens with one attached hydrogen (secondary N) is 1. The van der Waals surface area contributed by atoms with E-state index in [1.54, 1.807) is 43.8 Å². The van der Waals surface area contributed by atoms with Gasteiger partial charge >= 0.3 is 0 Å². The number of hydrogen-bond acceptors (Lipinski definition) is 7. The van der Waals surface area contributed by atoms with E-state index in [-0.39, 0.29) is 6.42 Å². The molecule has 7 nitrogen and oxygen atoms in total. The molecule has 0 radical (unpaired) electrons. The van der Waals surface area contributed by atoms with Gasteiger partial charge in [-0.25, -0.2) is 8.42 Å². The zero-order chi connectivity index (χ0) is 20.9. The Morgan fingerprint density at radius 3 is 2.68 bits per heavy atom. The van der Waals surface area contributed by atoms with E-state index in [1.807, 2.05) is 0 Å². The topological polar surface area (TPSA) is 92.3 Å². The van der Waals surface area contributed by atoms with Gasteiger partial charge in [0.1, 0.15) is 6.04 Å². The molecule has 0 saturated heterocycles. The molecule has 11 heteroatoms. The maximum atomic E-state index is 12.9. The van der Waals surface area contributed by atoms with Gasteiger partial charge in [0.25, 0.3) is 0 Å². The summed E-state index contributed by atoms with van der Waals surface area (Å²) in [6, 6.07) is 4.02. The lowest BCUT2D eigenvalue weighted by Gasteiger charge is -2.31. The summed E-state index contributed by atoms with van der Waals surface area (Å²) < 4.78 is 27.0. The molecule has 0 aliphatic heterocycles. The number of carbonyl (C=O) groups excluding carboxylic acids is 1. The molecule has 1 N–H and O–H groups in total. The quantitative estimate of drug-likeness (QED) is 0.443. The number of aryl methyl sites for hydroxylation is 1. The van der Waals surface area contributed by atoms with Crippen LogP contribution in [0.1, 0.15) is 32.3 Å². The number of carbonyl (C=O) groups is 1. The molecule has 1 unspecified atom stereocenters. The third-order valence-electron chi connectivity index (χ3n) is 3.80. The second-order valence-corrected chi connectivity index (χ2v) is 10.7. The summed E-state index contributed by atoms with van der Waals surface area (Å²) in [6.07, 6.45) is 2.36. The van der Waals surface area contributed by atoms with Gasteiger partial charge in [-0.3, -0.25) is 14.4 Å². The molecule has 0 bridgehead atoms. The monoisotopic (exact) mass is 462 g/mol. The van der Waals surface area contributed by atoms with Crippen LogP contribution in [0.5, 0.6) is 0 Å². The molecular formula is C17H23ClN4O3S3. The summed E-state index contributed by atoms with van der Waals surface area (Å²) in [6.45, 7) is 5.60. The molecule has 154 valence electrons. The van der Waals surface area contributed by atoms with Crippen LogP contribution in [0.3, 0.4) is 0 Å². The first kappa shape index (κ1) is 22.9. The van der Waals surface area contributed by atoms with Crippen LogP contribution in [0, 0.1) is 6.92 Å². The normalized spacial score (nSPS) is 12.6. The van der Waals surface area contributed by atoms with E-state index < -0.39 is 22.0 Å². The van der Waals surface area contributed by atoms with Crippen LogP contribution in [0.4, 0.5) is 10.8 Å². The van der Waals surface area contributed by atoms with Crippen molar-refractivity contribution in [3.05, 3.63) is 28.8 Å². The molecule has 1 aromatic carbocycles. The highest BCUT2D eigenvalue weighted by Gasteiger charge is 2.33. The Bertz CT molecular complexity index is 933. The van der Waals surface area contributed by atoms with Crippen LogP contribution < -0.4 is 9.62 Å². The second kappa shape index (κ2) is 9.91. The predicted molar refractivity (Wildman–Crippen MR) is 117 cm³/mol. The maximum Gasteiger partial charge on any atom is 0.250 e. The molecule has 28 heavy (non-hydrogen) atoms. The van der Waals surface area contributed by atoms with Crippen molar-refractivity contribution < 1.29 is 13.2 Å². The molecule has 1 aromatic heterocycles. The van der Waals surface area contributed by atoms with Crippen molar-refractivity contribution in [3.8, 4) is 0 Å². The number of hydrogen-bond donors (Lipinski definition) is 1. The minimum Gasteiger partial charge on any atom is -0.299 e. The van der Waals surface area contributed by atoms with Gasteiger partial charge in [0.05, 0.1) is 11.9 Å². The zero-order valence-corrected chi connectivity index (χ0v) is 19.3.